The maximum atomic E-state index is 14.3. The molecule has 9 rings (SSSR count). The summed E-state index contributed by atoms with van der Waals surface area (Å²) in [5, 5.41) is 36.1. The van der Waals surface area contributed by atoms with Crippen LogP contribution < -0.4 is 15.4 Å². The minimum Gasteiger partial charge on any atom is -0.481 e. The van der Waals surface area contributed by atoms with Gasteiger partial charge < -0.3 is 30.5 Å². The Morgan fingerprint density at radius 2 is 1.54 bits per heavy atom. The summed E-state index contributed by atoms with van der Waals surface area (Å²) >= 11 is 3.19. The van der Waals surface area contributed by atoms with E-state index in [0.717, 1.165) is 59.4 Å². The Hall–Kier alpha value is -6.63. The van der Waals surface area contributed by atoms with E-state index < -0.39 is 41.5 Å². The van der Waals surface area contributed by atoms with Crippen molar-refractivity contribution >= 4 is 52.1 Å². The number of benzene rings is 2. The van der Waals surface area contributed by atoms with E-state index in [1.165, 1.54) is 4.90 Å². The molecule has 2 aromatic carbocycles. The summed E-state index contributed by atoms with van der Waals surface area (Å²) in [5.41, 5.74) is 9.39. The molecule has 6 heterocycles. The van der Waals surface area contributed by atoms with Gasteiger partial charge in [0.25, 0.3) is 0 Å². The van der Waals surface area contributed by atoms with E-state index in [2.05, 4.69) is 44.6 Å². The lowest BCUT2D eigenvalue weighted by Gasteiger charge is -2.39. The molecule has 0 radical (unpaired) electrons. The van der Waals surface area contributed by atoms with Crippen molar-refractivity contribution < 1.29 is 34.1 Å². The third kappa shape index (κ3) is 9.63. The minimum atomic E-state index is -0.972. The number of thiazole rings is 1. The molecule has 364 valence electrons. The normalized spacial score (nSPS) is 20.6. The third-order valence-corrected chi connectivity index (χ3v) is 15.8. The van der Waals surface area contributed by atoms with E-state index in [4.69, 9.17) is 9.73 Å². The number of aliphatic hydroxyl groups is 1. The Labute approximate surface area is 414 Å². The fourth-order valence-electron chi connectivity index (χ4n) is 9.45. The molecule has 2 aliphatic heterocycles. The fraction of sp³-hybridized carbons (Fsp3) is 0.404. The van der Waals surface area contributed by atoms with Crippen molar-refractivity contribution in [2.24, 2.45) is 16.3 Å². The van der Waals surface area contributed by atoms with Gasteiger partial charge in [-0.1, -0.05) is 69.3 Å². The molecule has 1 aliphatic carbocycles. The molecule has 16 nitrogen and oxygen atoms in total. The fourth-order valence-corrected chi connectivity index (χ4v) is 11.5. The van der Waals surface area contributed by atoms with E-state index in [1.54, 1.807) is 34.9 Å². The highest BCUT2D eigenvalue weighted by atomic mass is 32.1. The highest BCUT2D eigenvalue weighted by Gasteiger charge is 2.46. The molecule has 6 aromatic rings. The van der Waals surface area contributed by atoms with Crippen LogP contribution in [-0.4, -0.2) is 100 Å². The van der Waals surface area contributed by atoms with E-state index in [1.807, 2.05) is 106 Å². The number of aliphatic imine (C=N–C) groups is 1. The number of carboxylic acids is 1. The smallest absolute Gasteiger partial charge is 0.306 e. The molecular weight excluding hydrogens is 927 g/mol. The second kappa shape index (κ2) is 19.3. The number of nitrogens with one attached hydrogen (secondary N) is 2. The standard InChI is InChI=1S/C52H57N9O7S2/c1-26-29(4)70-51-43(26)44(56-39(22-42(63)64)47-59-58-30(5)61(47)51)33-13-11-32(12-14-33)35-17-18-41(53-23-35)68-38-19-36(20-38)48(65)57-46(52(6,7)8)50(67)60-24-37(62)21-40(60)49(66)55-27(2)31-9-15-34(16-10-31)45-28(3)54-25-69-45/h9-18,23,25,27,36-40,46,62H,19-22,24H2,1-8H3,(H,55,66)(H,57,65)(H,63,64)/t27?,36-,37-,38+,39+,40+,46?/m1/s1. The van der Waals surface area contributed by atoms with Crippen LogP contribution in [0, 0.1) is 39.0 Å². The summed E-state index contributed by atoms with van der Waals surface area (Å²) in [6, 6.07) is 16.7. The number of fused-ring (bicyclic) bond motifs is 3. The van der Waals surface area contributed by atoms with Crippen LogP contribution in [0.5, 0.6) is 5.88 Å². The summed E-state index contributed by atoms with van der Waals surface area (Å²) in [6.45, 7) is 15.4. The zero-order valence-electron chi connectivity index (χ0n) is 40.4. The van der Waals surface area contributed by atoms with Gasteiger partial charge in [-0.05, 0) is 81.2 Å². The number of aromatic nitrogens is 5. The molecule has 1 saturated carbocycles. The van der Waals surface area contributed by atoms with Crippen LogP contribution in [0.1, 0.15) is 110 Å². The predicted octanol–water partition coefficient (Wildman–Crippen LogP) is 7.64. The van der Waals surface area contributed by atoms with Gasteiger partial charge in [0.15, 0.2) is 5.82 Å². The number of carbonyl (C=O) groups excluding carboxylic acids is 3. The molecule has 18 heteroatoms. The van der Waals surface area contributed by atoms with Gasteiger partial charge >= 0.3 is 5.97 Å². The average molecular weight is 984 g/mol. The molecule has 2 fully saturated rings. The lowest BCUT2D eigenvalue weighted by atomic mass is 9.80. The van der Waals surface area contributed by atoms with Crippen LogP contribution in [0.4, 0.5) is 0 Å². The van der Waals surface area contributed by atoms with E-state index in [-0.39, 0.29) is 49.3 Å². The maximum Gasteiger partial charge on any atom is 0.306 e. The number of thiophene rings is 1. The van der Waals surface area contributed by atoms with Gasteiger partial charge in [-0.15, -0.1) is 32.9 Å². The van der Waals surface area contributed by atoms with E-state index in [9.17, 15) is 29.4 Å². The SMILES string of the molecule is Cc1ncsc1-c1ccc(C(C)NC(=O)[C@@H]2C[C@@H](O)CN2C(=O)C(NC(=O)[C@H]2C[C@@H](Oc3ccc(-c4ccc(C5=N[C@@H](CC(=O)O)c6nnc(C)n6-c6sc(C)c(C)c65)cc4)cn3)C2)C(C)(C)C)cc1. The Morgan fingerprint density at radius 3 is 2.19 bits per heavy atom. The Kier molecular flexibility index (Phi) is 13.3. The summed E-state index contributed by atoms with van der Waals surface area (Å²) < 4.78 is 8.12. The van der Waals surface area contributed by atoms with Crippen molar-refractivity contribution in [3.05, 3.63) is 117 Å². The van der Waals surface area contributed by atoms with Crippen molar-refractivity contribution in [2.75, 3.05) is 6.54 Å². The number of aliphatic hydroxyl groups excluding tert-OH is 1. The summed E-state index contributed by atoms with van der Waals surface area (Å²) in [6.07, 6.45) is 1.37. The number of amides is 3. The van der Waals surface area contributed by atoms with Crippen LogP contribution in [0.25, 0.3) is 26.6 Å². The number of hydrogen-bond donors (Lipinski definition) is 4. The third-order valence-electron chi connectivity index (χ3n) is 13.6. The highest BCUT2D eigenvalue weighted by molar-refractivity contribution is 7.15. The number of hydrogen-bond acceptors (Lipinski definition) is 13. The van der Waals surface area contributed by atoms with E-state index >= 15 is 0 Å². The highest BCUT2D eigenvalue weighted by Crippen LogP contribution is 2.40. The number of aliphatic carboxylic acids is 1. The van der Waals surface area contributed by atoms with Crippen molar-refractivity contribution in [3.63, 3.8) is 0 Å². The largest absolute Gasteiger partial charge is 0.481 e. The molecule has 3 amide bonds. The summed E-state index contributed by atoms with van der Waals surface area (Å²) in [4.78, 5) is 71.3. The molecule has 4 aromatic heterocycles. The van der Waals surface area contributed by atoms with Gasteiger partial charge in [0, 0.05) is 52.7 Å². The first-order chi connectivity index (χ1) is 33.3. The topological polar surface area (TPSA) is 214 Å². The summed E-state index contributed by atoms with van der Waals surface area (Å²) in [5.74, 6) is -0.787. The monoisotopic (exact) mass is 983 g/mol. The Morgan fingerprint density at radius 1 is 0.857 bits per heavy atom. The van der Waals surface area contributed by atoms with Gasteiger partial charge in [-0.25, -0.2) is 9.97 Å². The number of likely N-dealkylation sites (tertiary alicyclic amines) is 1. The lowest BCUT2D eigenvalue weighted by molar-refractivity contribution is -0.145. The zero-order chi connectivity index (χ0) is 49.8. The molecule has 2 unspecified atom stereocenters. The van der Waals surface area contributed by atoms with Crippen molar-refractivity contribution in [1.82, 2.24) is 40.3 Å². The number of nitrogens with zero attached hydrogens (tertiary/aromatic N) is 7. The average Bonchev–Trinajstić information content (AvgIpc) is 4.08. The van der Waals surface area contributed by atoms with Gasteiger partial charge in [-0.2, -0.15) is 0 Å². The number of pyridine rings is 1. The van der Waals surface area contributed by atoms with Gasteiger partial charge in [-0.3, -0.25) is 28.7 Å². The van der Waals surface area contributed by atoms with Gasteiger partial charge in [0.05, 0.1) is 40.4 Å². The van der Waals surface area contributed by atoms with Crippen LogP contribution in [-0.2, 0) is 19.2 Å². The number of ether oxygens (including phenoxy) is 1. The van der Waals surface area contributed by atoms with Crippen LogP contribution in [0.2, 0.25) is 0 Å². The van der Waals surface area contributed by atoms with Crippen molar-refractivity contribution in [2.45, 2.75) is 117 Å². The molecule has 0 spiro atoms. The number of carboxylic acid groups (broad SMARTS) is 1. The lowest BCUT2D eigenvalue weighted by Crippen LogP contribution is -2.59. The van der Waals surface area contributed by atoms with Crippen LogP contribution in [0.15, 0.2) is 77.4 Å². The maximum absolute atomic E-state index is 14.3. The minimum absolute atomic E-state index is 0.0128. The zero-order valence-corrected chi connectivity index (χ0v) is 42.0. The van der Waals surface area contributed by atoms with E-state index in [0.29, 0.717) is 36.1 Å². The number of β-amino-alcohol motifs (C(OH)–C–C–N with tert-alkyl or cyclic N) is 1. The molecular formula is C52H57N9O7S2. The number of aryl methyl sites for hydroxylation is 3. The first-order valence-electron chi connectivity index (χ1n) is 23.5. The molecule has 70 heavy (non-hydrogen) atoms. The predicted molar refractivity (Wildman–Crippen MR) is 267 cm³/mol. The van der Waals surface area contributed by atoms with Crippen LogP contribution >= 0.6 is 22.7 Å². The first-order valence-corrected chi connectivity index (χ1v) is 25.2. The van der Waals surface area contributed by atoms with Gasteiger partial charge in [0.2, 0.25) is 23.6 Å². The first kappa shape index (κ1) is 48.4. The van der Waals surface area contributed by atoms with Gasteiger partial charge in [0.1, 0.15) is 35.1 Å². The molecule has 0 bridgehead atoms. The Bertz CT molecular complexity index is 2980. The molecule has 5 atom stereocenters. The molecule has 4 N–H and O–H groups in total. The number of rotatable bonds is 13. The number of carbonyl (C=O) groups is 4. The van der Waals surface area contributed by atoms with Crippen molar-refractivity contribution in [1.29, 1.82) is 0 Å². The molecule has 3 aliphatic rings. The quantitative estimate of drug-likeness (QED) is 0.0883. The Balaban J connectivity index is 0.804. The van der Waals surface area contributed by atoms with Crippen LogP contribution in [0.3, 0.4) is 0 Å². The molecule has 1 saturated heterocycles. The summed E-state index contributed by atoms with van der Waals surface area (Å²) in [7, 11) is 0. The second-order valence-corrected chi connectivity index (χ2v) is 21.7. The van der Waals surface area contributed by atoms with Crippen molar-refractivity contribution in [3.8, 4) is 32.4 Å². The second-order valence-electron chi connectivity index (χ2n) is 19.7.